The molecule has 0 saturated carbocycles. The molecule has 0 spiro atoms. The second-order valence-corrected chi connectivity index (χ2v) is 4.10. The number of aryl methyl sites for hydroxylation is 1. The molecule has 1 aromatic heterocycles. The lowest BCUT2D eigenvalue weighted by molar-refractivity contribution is 0.0496. The van der Waals surface area contributed by atoms with Gasteiger partial charge in [-0.15, -0.1) is 0 Å². The number of hydrogen-bond donors (Lipinski definition) is 1. The zero-order valence-electron chi connectivity index (χ0n) is 10.5. The van der Waals surface area contributed by atoms with Gasteiger partial charge in [0.25, 0.3) is 0 Å². The van der Waals surface area contributed by atoms with Crippen LogP contribution in [0.4, 0.5) is 5.69 Å². The fourth-order valence-corrected chi connectivity index (χ4v) is 1.53. The first kappa shape index (κ1) is 13.5. The highest BCUT2D eigenvalue weighted by molar-refractivity contribution is 5.91. The third-order valence-corrected chi connectivity index (χ3v) is 2.56. The van der Waals surface area contributed by atoms with Gasteiger partial charge in [0.15, 0.2) is 0 Å². The Balaban J connectivity index is 2.44. The zero-order chi connectivity index (χ0) is 12.7. The van der Waals surface area contributed by atoms with Gasteiger partial charge in [0.05, 0.1) is 29.7 Å². The molecule has 0 bridgehead atoms. The van der Waals surface area contributed by atoms with Crippen LogP contribution in [0.2, 0.25) is 0 Å². The monoisotopic (exact) mass is 236 g/mol. The predicted octanol–water partition coefficient (Wildman–Crippen LogP) is 2.71. The number of nitrogens with zero attached hydrogens (tertiary/aromatic N) is 1. The van der Waals surface area contributed by atoms with E-state index in [1.165, 1.54) is 19.0 Å². The Bertz CT molecular complexity index is 378. The molecule has 0 fully saturated rings. The summed E-state index contributed by atoms with van der Waals surface area (Å²) in [7, 11) is 0. The first-order valence-corrected chi connectivity index (χ1v) is 6.04. The van der Waals surface area contributed by atoms with Gasteiger partial charge < -0.3 is 10.5 Å². The molecule has 4 nitrogen and oxygen atoms in total. The number of esters is 1. The van der Waals surface area contributed by atoms with Crippen molar-refractivity contribution in [3.63, 3.8) is 0 Å². The van der Waals surface area contributed by atoms with Crippen LogP contribution in [-0.2, 0) is 4.74 Å². The van der Waals surface area contributed by atoms with E-state index in [-0.39, 0.29) is 5.97 Å². The lowest BCUT2D eigenvalue weighted by Gasteiger charge is -2.07. The van der Waals surface area contributed by atoms with Gasteiger partial charge in [-0.1, -0.05) is 26.2 Å². The van der Waals surface area contributed by atoms with Crippen LogP contribution in [0, 0.1) is 6.92 Å². The van der Waals surface area contributed by atoms with Gasteiger partial charge in [0.2, 0.25) is 0 Å². The Morgan fingerprint density at radius 1 is 1.41 bits per heavy atom. The van der Waals surface area contributed by atoms with Crippen molar-refractivity contribution in [1.82, 2.24) is 4.98 Å². The number of pyridine rings is 1. The van der Waals surface area contributed by atoms with Crippen molar-refractivity contribution in [2.45, 2.75) is 39.5 Å². The molecule has 1 heterocycles. The molecule has 4 heteroatoms. The van der Waals surface area contributed by atoms with E-state index >= 15 is 0 Å². The van der Waals surface area contributed by atoms with Crippen LogP contribution in [0.15, 0.2) is 12.3 Å². The lowest BCUT2D eigenvalue weighted by Crippen LogP contribution is -2.09. The number of aromatic nitrogens is 1. The number of unbranched alkanes of at least 4 members (excludes halogenated alkanes) is 3. The second-order valence-electron chi connectivity index (χ2n) is 4.10. The maximum atomic E-state index is 11.7. The van der Waals surface area contributed by atoms with Crippen molar-refractivity contribution in [2.24, 2.45) is 0 Å². The fraction of sp³-hybridized carbons (Fsp3) is 0.538. The average molecular weight is 236 g/mol. The number of anilines is 1. The summed E-state index contributed by atoms with van der Waals surface area (Å²) in [5, 5.41) is 0. The van der Waals surface area contributed by atoms with E-state index in [2.05, 4.69) is 11.9 Å². The highest BCUT2D eigenvalue weighted by atomic mass is 16.5. The molecule has 1 rings (SSSR count). The third-order valence-electron chi connectivity index (χ3n) is 2.56. The summed E-state index contributed by atoms with van der Waals surface area (Å²) >= 11 is 0. The van der Waals surface area contributed by atoms with Crippen LogP contribution in [0.5, 0.6) is 0 Å². The highest BCUT2D eigenvalue weighted by Gasteiger charge is 2.11. The van der Waals surface area contributed by atoms with E-state index in [1.807, 2.05) is 0 Å². The van der Waals surface area contributed by atoms with Crippen LogP contribution < -0.4 is 5.73 Å². The smallest absolute Gasteiger partial charge is 0.340 e. The largest absolute Gasteiger partial charge is 0.462 e. The first-order valence-electron chi connectivity index (χ1n) is 6.04. The molecule has 17 heavy (non-hydrogen) atoms. The van der Waals surface area contributed by atoms with Crippen molar-refractivity contribution in [3.8, 4) is 0 Å². The van der Waals surface area contributed by atoms with Gasteiger partial charge in [-0.05, 0) is 19.4 Å². The second kappa shape index (κ2) is 6.89. The molecule has 0 amide bonds. The molecule has 0 atom stereocenters. The number of hydrogen-bond acceptors (Lipinski definition) is 4. The van der Waals surface area contributed by atoms with Crippen LogP contribution in [-0.4, -0.2) is 17.6 Å². The number of carbonyl (C=O) groups is 1. The van der Waals surface area contributed by atoms with Gasteiger partial charge >= 0.3 is 5.97 Å². The molecule has 0 saturated heterocycles. The van der Waals surface area contributed by atoms with E-state index in [4.69, 9.17) is 10.5 Å². The maximum Gasteiger partial charge on any atom is 0.340 e. The molecular weight excluding hydrogens is 216 g/mol. The minimum Gasteiger partial charge on any atom is -0.462 e. The molecule has 0 aliphatic heterocycles. The number of carbonyl (C=O) groups excluding carboxylic acids is 1. The molecule has 94 valence electrons. The molecule has 0 aliphatic rings. The summed E-state index contributed by atoms with van der Waals surface area (Å²) in [4.78, 5) is 15.8. The first-order chi connectivity index (χ1) is 8.15. The van der Waals surface area contributed by atoms with Crippen molar-refractivity contribution >= 4 is 11.7 Å². The standard InChI is InChI=1S/C13H20N2O2/c1-3-4-5-6-7-17-13(16)12-8-11(14)9-15-10(12)2/h8-9H,3-7,14H2,1-2H3. The van der Waals surface area contributed by atoms with Crippen molar-refractivity contribution < 1.29 is 9.53 Å². The van der Waals surface area contributed by atoms with E-state index in [1.54, 1.807) is 13.0 Å². The molecular formula is C13H20N2O2. The van der Waals surface area contributed by atoms with Crippen LogP contribution >= 0.6 is 0 Å². The lowest BCUT2D eigenvalue weighted by atomic mass is 10.2. The Kier molecular flexibility index (Phi) is 5.46. The van der Waals surface area contributed by atoms with Crippen LogP contribution in [0.1, 0.15) is 48.7 Å². The number of nitrogen functional groups attached to an aromatic ring is 1. The molecule has 0 aliphatic carbocycles. The molecule has 2 N–H and O–H groups in total. The Morgan fingerprint density at radius 3 is 2.88 bits per heavy atom. The Morgan fingerprint density at radius 2 is 2.18 bits per heavy atom. The normalized spacial score (nSPS) is 10.2. The Hall–Kier alpha value is -1.58. The summed E-state index contributed by atoms with van der Waals surface area (Å²) in [6.07, 6.45) is 5.89. The maximum absolute atomic E-state index is 11.7. The fourth-order valence-electron chi connectivity index (χ4n) is 1.53. The summed E-state index contributed by atoms with van der Waals surface area (Å²) in [5.41, 5.74) is 7.18. The molecule has 0 aromatic carbocycles. The number of rotatable bonds is 6. The van der Waals surface area contributed by atoms with Gasteiger partial charge in [-0.2, -0.15) is 0 Å². The van der Waals surface area contributed by atoms with Gasteiger partial charge in [0, 0.05) is 0 Å². The Labute approximate surface area is 102 Å². The van der Waals surface area contributed by atoms with Gasteiger partial charge in [-0.25, -0.2) is 4.79 Å². The van der Waals surface area contributed by atoms with E-state index in [9.17, 15) is 4.79 Å². The topological polar surface area (TPSA) is 65.2 Å². The van der Waals surface area contributed by atoms with Gasteiger partial charge in [0.1, 0.15) is 0 Å². The van der Waals surface area contributed by atoms with E-state index in [0.29, 0.717) is 23.6 Å². The zero-order valence-corrected chi connectivity index (χ0v) is 10.5. The highest BCUT2D eigenvalue weighted by Crippen LogP contribution is 2.11. The van der Waals surface area contributed by atoms with E-state index in [0.717, 1.165) is 12.8 Å². The van der Waals surface area contributed by atoms with Crippen molar-refractivity contribution in [1.29, 1.82) is 0 Å². The van der Waals surface area contributed by atoms with Crippen LogP contribution in [0.25, 0.3) is 0 Å². The van der Waals surface area contributed by atoms with Crippen LogP contribution in [0.3, 0.4) is 0 Å². The summed E-state index contributed by atoms with van der Waals surface area (Å²) in [6, 6.07) is 1.61. The SMILES string of the molecule is CCCCCCOC(=O)c1cc(N)cnc1C. The van der Waals surface area contributed by atoms with Crippen molar-refractivity contribution in [3.05, 3.63) is 23.5 Å². The minimum absolute atomic E-state index is 0.334. The average Bonchev–Trinajstić information content (AvgIpc) is 2.32. The molecule has 0 radical (unpaired) electrons. The molecule has 0 unspecified atom stereocenters. The quantitative estimate of drug-likeness (QED) is 0.609. The molecule has 1 aromatic rings. The van der Waals surface area contributed by atoms with Crippen molar-refractivity contribution in [2.75, 3.05) is 12.3 Å². The van der Waals surface area contributed by atoms with E-state index < -0.39 is 0 Å². The predicted molar refractivity (Wildman–Crippen MR) is 67.8 cm³/mol. The number of nitrogens with two attached hydrogens (primary N) is 1. The minimum atomic E-state index is -0.334. The number of ether oxygens (including phenoxy) is 1. The summed E-state index contributed by atoms with van der Waals surface area (Å²) in [5.74, 6) is -0.334. The summed E-state index contributed by atoms with van der Waals surface area (Å²) in [6.45, 7) is 4.38. The summed E-state index contributed by atoms with van der Waals surface area (Å²) < 4.78 is 5.18. The van der Waals surface area contributed by atoms with Gasteiger partial charge in [-0.3, -0.25) is 4.98 Å². The third kappa shape index (κ3) is 4.43.